The Hall–Kier alpha value is -5.29. The summed E-state index contributed by atoms with van der Waals surface area (Å²) in [5.41, 5.74) is 8.81. The van der Waals surface area contributed by atoms with Crippen molar-refractivity contribution in [1.29, 1.82) is 0 Å². The Bertz CT molecular complexity index is 1980. The summed E-state index contributed by atoms with van der Waals surface area (Å²) in [6.45, 7) is 9.81. The van der Waals surface area contributed by atoms with Crippen molar-refractivity contribution in [2.24, 2.45) is 0 Å². The Morgan fingerprint density at radius 2 is 1.17 bits per heavy atom. The average molecular weight is 605 g/mol. The number of rotatable bonds is 8. The Labute approximate surface area is 272 Å². The third kappa shape index (κ3) is 5.43. The predicted octanol–water partition coefficient (Wildman–Crippen LogP) is 9.86. The Morgan fingerprint density at radius 3 is 1.87 bits per heavy atom. The van der Waals surface area contributed by atoms with Crippen molar-refractivity contribution in [2.45, 2.75) is 38.5 Å². The summed E-state index contributed by atoms with van der Waals surface area (Å²) in [7, 11) is 2.13. The quantitative estimate of drug-likeness (QED) is 0.173. The zero-order chi connectivity index (χ0) is 31.9. The molecule has 6 aromatic rings. The van der Waals surface area contributed by atoms with Crippen molar-refractivity contribution in [3.8, 4) is 17.2 Å². The van der Waals surface area contributed by atoms with Gasteiger partial charge in [0.15, 0.2) is 0 Å². The van der Waals surface area contributed by atoms with Gasteiger partial charge in [-0.2, -0.15) is 5.10 Å². The molecule has 5 nitrogen and oxygen atoms in total. The number of nitrogens with zero attached hydrogens (tertiary/aromatic N) is 4. The van der Waals surface area contributed by atoms with Crippen molar-refractivity contribution in [2.75, 3.05) is 23.5 Å². The summed E-state index contributed by atoms with van der Waals surface area (Å²) < 4.78 is 8.67. The maximum Gasteiger partial charge on any atom is 0.129 e. The minimum Gasteiger partial charge on any atom is -0.457 e. The maximum absolute atomic E-state index is 6.69. The van der Waals surface area contributed by atoms with Gasteiger partial charge in [-0.1, -0.05) is 107 Å². The second-order valence-electron chi connectivity index (χ2n) is 13.2. The van der Waals surface area contributed by atoms with Crippen LogP contribution < -0.4 is 14.5 Å². The van der Waals surface area contributed by atoms with E-state index in [9.17, 15) is 0 Å². The van der Waals surface area contributed by atoms with E-state index in [0.717, 1.165) is 40.7 Å². The lowest BCUT2D eigenvalue weighted by atomic mass is 9.78. The van der Waals surface area contributed by atoms with E-state index in [1.807, 2.05) is 16.9 Å². The van der Waals surface area contributed by atoms with Crippen LogP contribution in [0.1, 0.15) is 49.9 Å². The van der Waals surface area contributed by atoms with Crippen LogP contribution in [0.2, 0.25) is 0 Å². The summed E-state index contributed by atoms with van der Waals surface area (Å²) in [6, 6.07) is 44.6. The molecule has 1 aliphatic heterocycles. The topological polar surface area (TPSA) is 33.5 Å². The summed E-state index contributed by atoms with van der Waals surface area (Å²) in [5, 5.41) is 4.87. The number of ether oxygens (including phenoxy) is 1. The van der Waals surface area contributed by atoms with Crippen LogP contribution in [0.25, 0.3) is 5.69 Å². The number of fused-ring (bicyclic) bond motifs is 1. The van der Waals surface area contributed by atoms with Gasteiger partial charge in [0.05, 0.1) is 29.9 Å². The fourth-order valence-electron chi connectivity index (χ4n) is 6.42. The van der Waals surface area contributed by atoms with Crippen LogP contribution in [0.4, 0.5) is 17.1 Å². The van der Waals surface area contributed by atoms with Gasteiger partial charge in [0.25, 0.3) is 0 Å². The Kier molecular flexibility index (Phi) is 7.40. The highest BCUT2D eigenvalue weighted by Gasteiger charge is 2.28. The minimum atomic E-state index is -0.264. The molecule has 7 rings (SSSR count). The predicted molar refractivity (Wildman–Crippen MR) is 189 cm³/mol. The molecule has 0 amide bonds. The Morgan fingerprint density at radius 1 is 0.565 bits per heavy atom. The molecule has 0 atom stereocenters. The molecule has 0 saturated heterocycles. The van der Waals surface area contributed by atoms with Gasteiger partial charge < -0.3 is 14.5 Å². The smallest absolute Gasteiger partial charge is 0.129 e. The molecule has 0 unspecified atom stereocenters. The molecule has 0 saturated carbocycles. The molecule has 230 valence electrons. The maximum atomic E-state index is 6.69. The molecule has 5 heteroatoms. The third-order valence-electron chi connectivity index (χ3n) is 9.48. The first-order valence-electron chi connectivity index (χ1n) is 15.9. The number of hydrogen-bond acceptors (Lipinski definition) is 4. The first-order chi connectivity index (χ1) is 22.2. The molecular weight excluding hydrogens is 564 g/mol. The molecule has 46 heavy (non-hydrogen) atoms. The summed E-state index contributed by atoms with van der Waals surface area (Å²) in [5.74, 6) is 1.56. The lowest BCUT2D eigenvalue weighted by Crippen LogP contribution is -2.23. The molecule has 2 heterocycles. The SMILES string of the molecule is CN1CN(c2cccc(Oc3cc(-n4cc(C(C)(C)c5ccccc5)cn4)cc(C(C)(C)c4ccccc4)c3)c2)c2ccccc21. The molecule has 1 aliphatic rings. The zero-order valence-corrected chi connectivity index (χ0v) is 27.2. The molecule has 0 radical (unpaired) electrons. The number of benzene rings is 5. The lowest BCUT2D eigenvalue weighted by molar-refractivity contribution is 0.479. The Balaban J connectivity index is 1.27. The van der Waals surface area contributed by atoms with E-state index in [-0.39, 0.29) is 10.8 Å². The zero-order valence-electron chi connectivity index (χ0n) is 27.2. The van der Waals surface area contributed by atoms with E-state index in [1.54, 1.807) is 0 Å². The highest BCUT2D eigenvalue weighted by Crippen LogP contribution is 2.41. The highest BCUT2D eigenvalue weighted by molar-refractivity contribution is 5.82. The van der Waals surface area contributed by atoms with Gasteiger partial charge in [0, 0.05) is 47.5 Å². The molecule has 1 aromatic heterocycles. The van der Waals surface area contributed by atoms with E-state index in [2.05, 4.69) is 172 Å². The third-order valence-corrected chi connectivity index (χ3v) is 9.48. The van der Waals surface area contributed by atoms with Crippen molar-refractivity contribution < 1.29 is 4.74 Å². The summed E-state index contributed by atoms with van der Waals surface area (Å²) >= 11 is 0. The van der Waals surface area contributed by atoms with Crippen molar-refractivity contribution in [3.63, 3.8) is 0 Å². The normalized spacial score (nSPS) is 13.2. The van der Waals surface area contributed by atoms with Crippen LogP contribution in [-0.2, 0) is 10.8 Å². The first-order valence-corrected chi connectivity index (χ1v) is 15.9. The molecule has 0 N–H and O–H groups in total. The molecule has 0 aliphatic carbocycles. The van der Waals surface area contributed by atoms with Crippen LogP contribution in [0.3, 0.4) is 0 Å². The van der Waals surface area contributed by atoms with E-state index in [1.165, 1.54) is 22.5 Å². The number of aromatic nitrogens is 2. The van der Waals surface area contributed by atoms with Crippen LogP contribution in [0.15, 0.2) is 140 Å². The fourth-order valence-corrected chi connectivity index (χ4v) is 6.42. The van der Waals surface area contributed by atoms with Crippen LogP contribution in [0.5, 0.6) is 11.5 Å². The van der Waals surface area contributed by atoms with Crippen molar-refractivity contribution >= 4 is 17.1 Å². The van der Waals surface area contributed by atoms with Gasteiger partial charge >= 0.3 is 0 Å². The van der Waals surface area contributed by atoms with Crippen LogP contribution in [-0.4, -0.2) is 23.5 Å². The van der Waals surface area contributed by atoms with Gasteiger partial charge in [-0.3, -0.25) is 0 Å². The summed E-state index contributed by atoms with van der Waals surface area (Å²) in [4.78, 5) is 4.59. The van der Waals surface area contributed by atoms with Gasteiger partial charge in [0.1, 0.15) is 11.5 Å². The second kappa shape index (κ2) is 11.6. The number of anilines is 3. The van der Waals surface area contributed by atoms with E-state index < -0.39 is 0 Å². The summed E-state index contributed by atoms with van der Waals surface area (Å²) in [6.07, 6.45) is 4.13. The first kappa shape index (κ1) is 29.4. The number of para-hydroxylation sites is 2. The van der Waals surface area contributed by atoms with E-state index in [0.29, 0.717) is 0 Å². The molecule has 0 bridgehead atoms. The van der Waals surface area contributed by atoms with Crippen molar-refractivity contribution in [1.82, 2.24) is 9.78 Å². The van der Waals surface area contributed by atoms with Gasteiger partial charge in [-0.05, 0) is 53.1 Å². The van der Waals surface area contributed by atoms with Gasteiger partial charge in [0.2, 0.25) is 0 Å². The monoisotopic (exact) mass is 604 g/mol. The van der Waals surface area contributed by atoms with Gasteiger partial charge in [-0.25, -0.2) is 4.68 Å². The highest BCUT2D eigenvalue weighted by atomic mass is 16.5. The molecule has 5 aromatic carbocycles. The van der Waals surface area contributed by atoms with Crippen molar-refractivity contribution in [3.05, 3.63) is 162 Å². The fraction of sp³-hybridized carbons (Fsp3) is 0.195. The standard InChI is InChI=1S/C41H40N4O/c1-40(2,30-15-8-6-9-16-30)32-23-35(45-28-33(27-42-45)41(3,4)31-17-10-7-11-18-31)26-37(24-32)46-36-20-14-19-34(25-36)44-29-43(5)38-21-12-13-22-39(38)44/h6-28H,29H2,1-5H3. The lowest BCUT2D eigenvalue weighted by Gasteiger charge is -2.27. The van der Waals surface area contributed by atoms with E-state index in [4.69, 9.17) is 9.84 Å². The number of hydrogen-bond donors (Lipinski definition) is 0. The largest absolute Gasteiger partial charge is 0.457 e. The molecular formula is C41H40N4O. The van der Waals surface area contributed by atoms with Crippen LogP contribution in [0, 0.1) is 0 Å². The van der Waals surface area contributed by atoms with E-state index >= 15 is 0 Å². The average Bonchev–Trinajstić information content (AvgIpc) is 3.72. The molecule has 0 fully saturated rings. The minimum absolute atomic E-state index is 0.192. The molecule has 0 spiro atoms. The van der Waals surface area contributed by atoms with Gasteiger partial charge in [-0.15, -0.1) is 0 Å². The second-order valence-corrected chi connectivity index (χ2v) is 13.2. The van der Waals surface area contributed by atoms with Crippen LogP contribution >= 0.6 is 0 Å².